The minimum Gasteiger partial charge on any atom is -0.495 e. The number of anilines is 2. The number of amides is 2. The molecule has 32 heavy (non-hydrogen) atoms. The van der Waals surface area contributed by atoms with E-state index in [1.807, 2.05) is 12.1 Å². The SMILES string of the molecule is COc1ccccc1NC(=O)C(C)Sc1ccc(NC(=O)c2ccccc2C(=O)O)cc1. The van der Waals surface area contributed by atoms with Crippen LogP contribution in [-0.2, 0) is 4.79 Å². The summed E-state index contributed by atoms with van der Waals surface area (Å²) < 4.78 is 5.25. The first-order valence-electron chi connectivity index (χ1n) is 9.73. The van der Waals surface area contributed by atoms with E-state index in [4.69, 9.17) is 4.74 Å². The number of nitrogens with one attached hydrogen (secondary N) is 2. The number of carbonyl (C=O) groups is 3. The summed E-state index contributed by atoms with van der Waals surface area (Å²) in [6, 6.07) is 20.2. The highest BCUT2D eigenvalue weighted by molar-refractivity contribution is 8.00. The molecule has 0 heterocycles. The van der Waals surface area contributed by atoms with Crippen molar-refractivity contribution in [3.63, 3.8) is 0 Å². The fraction of sp³-hybridized carbons (Fsp3) is 0.125. The van der Waals surface area contributed by atoms with Gasteiger partial charge in [0.15, 0.2) is 0 Å². The highest BCUT2D eigenvalue weighted by atomic mass is 32.2. The van der Waals surface area contributed by atoms with E-state index < -0.39 is 11.9 Å². The maximum absolute atomic E-state index is 12.5. The van der Waals surface area contributed by atoms with Crippen LogP contribution < -0.4 is 15.4 Å². The van der Waals surface area contributed by atoms with Crippen LogP contribution in [0, 0.1) is 0 Å². The van der Waals surface area contributed by atoms with Crippen molar-refractivity contribution >= 4 is 40.9 Å². The Morgan fingerprint density at radius 3 is 2.16 bits per heavy atom. The lowest BCUT2D eigenvalue weighted by molar-refractivity contribution is -0.115. The summed E-state index contributed by atoms with van der Waals surface area (Å²) in [4.78, 5) is 37.2. The van der Waals surface area contributed by atoms with Crippen molar-refractivity contribution in [2.24, 2.45) is 0 Å². The fourth-order valence-corrected chi connectivity index (χ4v) is 3.79. The van der Waals surface area contributed by atoms with E-state index in [1.54, 1.807) is 62.6 Å². The first kappa shape index (κ1) is 22.9. The number of ether oxygens (including phenoxy) is 1. The second-order valence-electron chi connectivity index (χ2n) is 6.78. The molecule has 1 atom stereocenters. The van der Waals surface area contributed by atoms with Crippen LogP contribution in [0.4, 0.5) is 11.4 Å². The van der Waals surface area contributed by atoms with Gasteiger partial charge in [0.2, 0.25) is 5.91 Å². The number of para-hydroxylation sites is 2. The van der Waals surface area contributed by atoms with Gasteiger partial charge in [0.1, 0.15) is 5.75 Å². The van der Waals surface area contributed by atoms with Gasteiger partial charge in [0.05, 0.1) is 29.2 Å². The van der Waals surface area contributed by atoms with Gasteiger partial charge in [0.25, 0.3) is 5.91 Å². The Balaban J connectivity index is 1.61. The zero-order chi connectivity index (χ0) is 23.1. The molecule has 3 rings (SSSR count). The predicted octanol–water partition coefficient (Wildman–Crippen LogP) is 4.77. The van der Waals surface area contributed by atoms with Gasteiger partial charge >= 0.3 is 5.97 Å². The molecule has 8 heteroatoms. The number of carbonyl (C=O) groups excluding carboxylic acids is 2. The van der Waals surface area contributed by atoms with E-state index >= 15 is 0 Å². The average Bonchev–Trinajstić information content (AvgIpc) is 2.80. The first-order chi connectivity index (χ1) is 15.4. The summed E-state index contributed by atoms with van der Waals surface area (Å²) in [5.74, 6) is -1.25. The lowest BCUT2D eigenvalue weighted by Crippen LogP contribution is -2.22. The van der Waals surface area contributed by atoms with Crippen LogP contribution in [0.3, 0.4) is 0 Å². The Morgan fingerprint density at radius 1 is 0.875 bits per heavy atom. The molecule has 0 aliphatic rings. The third-order valence-electron chi connectivity index (χ3n) is 4.56. The Morgan fingerprint density at radius 2 is 1.50 bits per heavy atom. The minimum atomic E-state index is -1.16. The quantitative estimate of drug-likeness (QED) is 0.427. The Bertz CT molecular complexity index is 1130. The molecule has 2 amide bonds. The first-order valence-corrected chi connectivity index (χ1v) is 10.6. The van der Waals surface area contributed by atoms with Gasteiger partial charge in [-0.2, -0.15) is 0 Å². The molecule has 0 spiro atoms. The van der Waals surface area contributed by atoms with Crippen molar-refractivity contribution in [2.75, 3.05) is 17.7 Å². The van der Waals surface area contributed by atoms with Gasteiger partial charge in [-0.1, -0.05) is 24.3 Å². The van der Waals surface area contributed by atoms with Crippen molar-refractivity contribution in [1.29, 1.82) is 0 Å². The molecule has 3 aromatic rings. The highest BCUT2D eigenvalue weighted by Gasteiger charge is 2.18. The molecular weight excluding hydrogens is 428 g/mol. The molecule has 3 N–H and O–H groups in total. The topological polar surface area (TPSA) is 105 Å². The summed E-state index contributed by atoms with van der Waals surface area (Å²) in [5.41, 5.74) is 1.14. The number of rotatable bonds is 8. The molecule has 164 valence electrons. The standard InChI is InChI=1S/C24H22N2O5S/c1-15(22(27)26-20-9-5-6-10-21(20)31-2)32-17-13-11-16(12-14-17)25-23(28)18-7-3-4-8-19(18)24(29)30/h3-15H,1-2H3,(H,25,28)(H,26,27)(H,29,30). The third kappa shape index (κ3) is 5.67. The summed E-state index contributed by atoms with van der Waals surface area (Å²) in [6.45, 7) is 1.80. The molecular formula is C24H22N2O5S. The second kappa shape index (κ2) is 10.5. The van der Waals surface area contributed by atoms with E-state index in [2.05, 4.69) is 10.6 Å². The number of thioether (sulfide) groups is 1. The van der Waals surface area contributed by atoms with Crippen molar-refractivity contribution in [3.05, 3.63) is 83.9 Å². The summed E-state index contributed by atoms with van der Waals surface area (Å²) >= 11 is 1.37. The van der Waals surface area contributed by atoms with Crippen LogP contribution in [0.5, 0.6) is 5.75 Å². The van der Waals surface area contributed by atoms with E-state index in [1.165, 1.54) is 23.9 Å². The van der Waals surface area contributed by atoms with Crippen molar-refractivity contribution in [1.82, 2.24) is 0 Å². The molecule has 0 aliphatic carbocycles. The van der Waals surface area contributed by atoms with Gasteiger partial charge in [-0.3, -0.25) is 9.59 Å². The lowest BCUT2D eigenvalue weighted by Gasteiger charge is -2.14. The van der Waals surface area contributed by atoms with E-state index in [0.29, 0.717) is 17.1 Å². The van der Waals surface area contributed by atoms with Gasteiger partial charge in [-0.15, -0.1) is 11.8 Å². The number of carboxylic acid groups (broad SMARTS) is 1. The molecule has 0 fully saturated rings. The lowest BCUT2D eigenvalue weighted by atomic mass is 10.1. The average molecular weight is 451 g/mol. The van der Waals surface area contributed by atoms with Crippen LogP contribution in [-0.4, -0.2) is 35.2 Å². The van der Waals surface area contributed by atoms with Crippen LogP contribution in [0.2, 0.25) is 0 Å². The van der Waals surface area contributed by atoms with Gasteiger partial charge in [-0.05, 0) is 55.5 Å². The van der Waals surface area contributed by atoms with Crippen LogP contribution in [0.1, 0.15) is 27.6 Å². The monoisotopic (exact) mass is 450 g/mol. The smallest absolute Gasteiger partial charge is 0.336 e. The number of carboxylic acids is 1. The third-order valence-corrected chi connectivity index (χ3v) is 5.67. The van der Waals surface area contributed by atoms with Gasteiger partial charge in [-0.25, -0.2) is 4.79 Å². The van der Waals surface area contributed by atoms with Crippen LogP contribution in [0.15, 0.2) is 77.7 Å². The predicted molar refractivity (Wildman–Crippen MR) is 125 cm³/mol. The number of hydrogen-bond donors (Lipinski definition) is 3. The number of methoxy groups -OCH3 is 1. The molecule has 3 aromatic carbocycles. The second-order valence-corrected chi connectivity index (χ2v) is 8.19. The molecule has 0 saturated carbocycles. The zero-order valence-corrected chi connectivity index (χ0v) is 18.3. The minimum absolute atomic E-state index is 0.0629. The Kier molecular flexibility index (Phi) is 7.51. The van der Waals surface area contributed by atoms with E-state index in [0.717, 1.165) is 4.90 Å². The van der Waals surface area contributed by atoms with Crippen molar-refractivity contribution in [3.8, 4) is 5.75 Å². The molecule has 0 radical (unpaired) electrons. The Hall–Kier alpha value is -3.78. The van der Waals surface area contributed by atoms with Gasteiger partial charge in [0, 0.05) is 10.6 Å². The van der Waals surface area contributed by atoms with E-state index in [9.17, 15) is 19.5 Å². The highest BCUT2D eigenvalue weighted by Crippen LogP contribution is 2.28. The van der Waals surface area contributed by atoms with E-state index in [-0.39, 0.29) is 22.3 Å². The van der Waals surface area contributed by atoms with Crippen molar-refractivity contribution < 1.29 is 24.2 Å². The molecule has 0 aromatic heterocycles. The Labute approximate surface area is 189 Å². The summed E-state index contributed by atoms with van der Waals surface area (Å²) in [7, 11) is 1.55. The van der Waals surface area contributed by atoms with Crippen molar-refractivity contribution in [2.45, 2.75) is 17.1 Å². The maximum Gasteiger partial charge on any atom is 0.336 e. The van der Waals surface area contributed by atoms with Crippen LogP contribution >= 0.6 is 11.8 Å². The zero-order valence-electron chi connectivity index (χ0n) is 17.5. The van der Waals surface area contributed by atoms with Gasteiger partial charge < -0.3 is 20.5 Å². The molecule has 1 unspecified atom stereocenters. The van der Waals surface area contributed by atoms with Crippen LogP contribution in [0.25, 0.3) is 0 Å². The number of hydrogen-bond acceptors (Lipinski definition) is 5. The summed E-state index contributed by atoms with van der Waals surface area (Å²) in [5, 5.41) is 14.4. The fourth-order valence-electron chi connectivity index (χ4n) is 2.92. The molecule has 7 nitrogen and oxygen atoms in total. The maximum atomic E-state index is 12.5. The molecule has 0 saturated heterocycles. The summed E-state index contributed by atoms with van der Waals surface area (Å²) in [6.07, 6.45) is 0. The number of aromatic carboxylic acids is 1. The largest absolute Gasteiger partial charge is 0.495 e. The molecule has 0 bridgehead atoms. The number of benzene rings is 3. The molecule has 0 aliphatic heterocycles. The normalized spacial score (nSPS) is 11.3.